The Morgan fingerprint density at radius 2 is 1.11 bits per heavy atom. The molecule has 0 aliphatic rings. The molecule has 0 heterocycles. The van der Waals surface area contributed by atoms with E-state index in [0.717, 1.165) is 0 Å². The van der Waals surface area contributed by atoms with Gasteiger partial charge in [0.25, 0.3) is 0 Å². The molecule has 0 aliphatic carbocycles. The van der Waals surface area contributed by atoms with Gasteiger partial charge in [-0.05, 0) is 0 Å². The maximum absolute atomic E-state index is 8.81. The molecule has 0 unspecified atom stereocenters. The molecule has 0 bridgehead atoms. The molecule has 2 N–H and O–H groups in total. The summed E-state index contributed by atoms with van der Waals surface area (Å²) in [6.45, 7) is 0. The van der Waals surface area contributed by atoms with E-state index < -0.39 is 7.32 Å². The summed E-state index contributed by atoms with van der Waals surface area (Å²) in [5.74, 6) is 0. The molecule has 0 fully saturated rings. The zero-order valence-electron chi connectivity index (χ0n) is 5.71. The van der Waals surface area contributed by atoms with Gasteiger partial charge in [0.05, 0.1) is 0 Å². The van der Waals surface area contributed by atoms with Crippen LogP contribution in [0.4, 0.5) is 0 Å². The summed E-state index contributed by atoms with van der Waals surface area (Å²) in [6.07, 6.45) is 0. The predicted octanol–water partition coefficient (Wildman–Crippen LogP) is -13.8. The molecule has 0 saturated carbocycles. The van der Waals surface area contributed by atoms with Crippen LogP contribution in [0.25, 0.3) is 0 Å². The molecule has 0 radical (unpaired) electrons. The average molecular weight is 162 g/mol. The number of hydrogen-bond acceptors (Lipinski definition) is 4. The average Bonchev–Trinajstić information content (AvgIpc) is 1.38. The van der Waals surface area contributed by atoms with Gasteiger partial charge in [-0.15, -0.1) is 0 Å². The summed E-state index contributed by atoms with van der Waals surface area (Å²) in [4.78, 5) is 2.39. The van der Waals surface area contributed by atoms with Crippen molar-refractivity contribution in [1.29, 1.82) is 0 Å². The van der Waals surface area contributed by atoms with E-state index in [1.54, 1.807) is 0 Å². The Hall–Kier alpha value is 2.86. The fraction of sp³-hybridized carbons (Fsp3) is 0. The third-order valence-electron chi connectivity index (χ3n) is 0.0786. The van der Waals surface area contributed by atoms with Crippen LogP contribution in [0.15, 0.2) is 0 Å². The van der Waals surface area contributed by atoms with E-state index >= 15 is 0 Å². The fourth-order valence-electron chi connectivity index (χ4n) is 0. The second-order valence-electron chi connectivity index (χ2n) is 0.385. The van der Waals surface area contributed by atoms with E-state index in [4.69, 9.17) is 15.3 Å². The quantitative estimate of drug-likeness (QED) is 0.216. The first-order valence-corrected chi connectivity index (χ1v) is 0.874. The minimum Gasteiger partial charge on any atom is -0.871 e. The molecule has 0 aromatic carbocycles. The van der Waals surface area contributed by atoms with Gasteiger partial charge in [0, 0.05) is 7.32 Å². The summed E-state index contributed by atoms with van der Waals surface area (Å²) >= 11 is 0. The van der Waals surface area contributed by atoms with Crippen molar-refractivity contribution in [3.05, 3.63) is 0 Å². The Kier molecular flexibility index (Phi) is 74.1. The first kappa shape index (κ1) is 29.7. The van der Waals surface area contributed by atoms with Gasteiger partial charge in [-0.3, -0.25) is 0 Å². The van der Waals surface area contributed by atoms with E-state index in [9.17, 15) is 0 Å². The van der Waals surface area contributed by atoms with Crippen molar-refractivity contribution < 1.29 is 114 Å². The third-order valence-corrected chi connectivity index (χ3v) is 0.0786. The van der Waals surface area contributed by atoms with Crippen LogP contribution >= 0.6 is 0 Å². The number of hydrogen-bond donors (Lipinski definition) is 0. The second kappa shape index (κ2) is 22.4. The van der Waals surface area contributed by atoms with E-state index in [0.29, 0.717) is 0 Å². The summed E-state index contributed by atoms with van der Waals surface area (Å²) in [5.41, 5.74) is 0. The van der Waals surface area contributed by atoms with Gasteiger partial charge in [0.2, 0.25) is 0 Å². The molecule has 0 aliphatic heterocycles. The third kappa shape index (κ3) is 36.1. The van der Waals surface area contributed by atoms with Crippen LogP contribution in [0.1, 0.15) is 0 Å². The van der Waals surface area contributed by atoms with Crippen LogP contribution in [-0.4, -0.2) is 12.8 Å². The van der Waals surface area contributed by atoms with Gasteiger partial charge in [0.1, 0.15) is 0 Å². The Morgan fingerprint density at radius 1 is 1.00 bits per heavy atom. The van der Waals surface area contributed by atoms with Crippen LogP contribution < -0.4 is 104 Å². The van der Waals surface area contributed by atoms with Crippen molar-refractivity contribution in [2.24, 2.45) is 0 Å². The van der Waals surface area contributed by atoms with Gasteiger partial charge in [0.15, 0.2) is 0 Å². The van der Waals surface area contributed by atoms with Crippen molar-refractivity contribution in [3.63, 3.8) is 0 Å². The van der Waals surface area contributed by atoms with Crippen LogP contribution in [0, 0.1) is 0 Å². The maximum Gasteiger partial charge on any atom is 1.00 e. The molecule has 0 aromatic rings. The Bertz CT molecular complexity index is 26.2. The molecular weight excluding hydrogens is 160 g/mol. The molecule has 0 atom stereocenters. The summed E-state index contributed by atoms with van der Waals surface area (Å²) in [6, 6.07) is 0. The van der Waals surface area contributed by atoms with Crippen molar-refractivity contribution in [3.8, 4) is 0 Å². The standard InChI is InChI=1S/BHO4.3Na.H2O/c2-1(3)5-4;;;;/h4H;;;;1H2/q-2;3*+1;/p-1. The van der Waals surface area contributed by atoms with Crippen molar-refractivity contribution in [2.45, 2.75) is 0 Å². The SMILES string of the molecule is O.[Na+].[Na+].[Na+].[O-]OB([O-])[O-]. The molecule has 38 valence electrons. The summed E-state index contributed by atoms with van der Waals surface area (Å²) < 4.78 is 0. The molecule has 0 aromatic heterocycles. The van der Waals surface area contributed by atoms with Crippen molar-refractivity contribution in [1.82, 2.24) is 0 Å². The number of rotatable bonds is 1. The minimum atomic E-state index is -2.67. The fourth-order valence-corrected chi connectivity index (χ4v) is 0. The van der Waals surface area contributed by atoms with Gasteiger partial charge in [-0.1, -0.05) is 0 Å². The first-order chi connectivity index (χ1) is 2.27. The summed E-state index contributed by atoms with van der Waals surface area (Å²) in [7, 11) is -2.67. The molecular formula is H2BNa3O5. The zero-order chi connectivity index (χ0) is 4.28. The maximum atomic E-state index is 8.81. The van der Waals surface area contributed by atoms with Crippen molar-refractivity contribution >= 4 is 7.32 Å². The summed E-state index contributed by atoms with van der Waals surface area (Å²) in [5, 5.41) is 26.1. The molecule has 0 saturated heterocycles. The molecule has 9 heteroatoms. The second-order valence-corrected chi connectivity index (χ2v) is 0.385. The largest absolute Gasteiger partial charge is 1.00 e. The molecule has 9 heavy (non-hydrogen) atoms. The van der Waals surface area contributed by atoms with E-state index in [1.165, 1.54) is 0 Å². The Labute approximate surface area is 119 Å². The van der Waals surface area contributed by atoms with Crippen LogP contribution in [0.2, 0.25) is 0 Å². The zero-order valence-corrected chi connectivity index (χ0v) is 11.7. The van der Waals surface area contributed by atoms with Crippen LogP contribution in [0.5, 0.6) is 0 Å². The normalized spacial score (nSPS) is 4.33. The van der Waals surface area contributed by atoms with Gasteiger partial charge in [-0.2, -0.15) is 0 Å². The first-order valence-electron chi connectivity index (χ1n) is 0.874. The smallest absolute Gasteiger partial charge is 0.871 e. The molecule has 5 nitrogen and oxygen atoms in total. The van der Waals surface area contributed by atoms with E-state index in [1.807, 2.05) is 0 Å². The predicted molar refractivity (Wildman–Crippen MR) is 10.5 cm³/mol. The molecule has 0 amide bonds. The minimum absolute atomic E-state index is 0. The monoisotopic (exact) mass is 162 g/mol. The van der Waals surface area contributed by atoms with E-state index in [-0.39, 0.29) is 94.1 Å². The molecule has 0 spiro atoms. The van der Waals surface area contributed by atoms with Crippen molar-refractivity contribution in [2.75, 3.05) is 0 Å². The van der Waals surface area contributed by atoms with E-state index in [2.05, 4.69) is 4.81 Å². The topological polar surface area (TPSA) is 110 Å². The van der Waals surface area contributed by atoms with Crippen LogP contribution in [-0.2, 0) is 4.81 Å². The van der Waals surface area contributed by atoms with Crippen LogP contribution in [0.3, 0.4) is 0 Å². The Balaban J connectivity index is -0.0000000133. The van der Waals surface area contributed by atoms with Gasteiger partial charge < -0.3 is 25.6 Å². The molecule has 0 rings (SSSR count). The van der Waals surface area contributed by atoms with Gasteiger partial charge in [-0.25, -0.2) is 0 Å². The Morgan fingerprint density at radius 3 is 1.11 bits per heavy atom. The van der Waals surface area contributed by atoms with Gasteiger partial charge >= 0.3 is 88.7 Å².